The number of carbonyl (C=O) groups is 1. The molecule has 0 aromatic heterocycles. The first kappa shape index (κ1) is 9.99. The van der Waals surface area contributed by atoms with Gasteiger partial charge in [0.1, 0.15) is 6.73 Å². The van der Waals surface area contributed by atoms with Gasteiger partial charge in [0.05, 0.1) is 10.9 Å². The molecule has 1 saturated heterocycles. The molecule has 70 valence electrons. The second-order valence-electron chi connectivity index (χ2n) is 3.43. The maximum absolute atomic E-state index is 11.6. The summed E-state index contributed by atoms with van der Waals surface area (Å²) in [7, 11) is 0. The monoisotopic (exact) mass is 235 g/mol. The zero-order chi connectivity index (χ0) is 9.19. The van der Waals surface area contributed by atoms with Crippen molar-refractivity contribution in [2.75, 3.05) is 19.9 Å². The number of amides is 1. The predicted octanol–water partition coefficient (Wildman–Crippen LogP) is 1.37. The van der Waals surface area contributed by atoms with Gasteiger partial charge in [-0.3, -0.25) is 4.79 Å². The Hall–Kier alpha value is -0.0900. The van der Waals surface area contributed by atoms with Crippen LogP contribution in [0.15, 0.2) is 0 Å². The van der Waals surface area contributed by atoms with Crippen LogP contribution >= 0.6 is 15.9 Å². The van der Waals surface area contributed by atoms with Gasteiger partial charge in [0.2, 0.25) is 5.91 Å². The highest BCUT2D eigenvalue weighted by Gasteiger charge is 2.29. The smallest absolute Gasteiger partial charge is 0.240 e. The summed E-state index contributed by atoms with van der Waals surface area (Å²) in [6.45, 7) is 5.72. The molecule has 1 heterocycles. The molecule has 1 aliphatic heterocycles. The Morgan fingerprint density at radius 2 is 2.25 bits per heavy atom. The third kappa shape index (κ3) is 2.45. The van der Waals surface area contributed by atoms with Crippen molar-refractivity contribution in [1.82, 2.24) is 4.90 Å². The average molecular weight is 236 g/mol. The van der Waals surface area contributed by atoms with Gasteiger partial charge in [-0.2, -0.15) is 0 Å². The van der Waals surface area contributed by atoms with E-state index in [1.54, 1.807) is 4.90 Å². The van der Waals surface area contributed by atoms with Crippen LogP contribution in [0.3, 0.4) is 0 Å². The lowest BCUT2D eigenvalue weighted by atomic mass is 10.2. The Morgan fingerprint density at radius 3 is 2.67 bits per heavy atom. The Bertz CT molecular complexity index is 170. The summed E-state index contributed by atoms with van der Waals surface area (Å²) in [4.78, 5) is 13.4. The zero-order valence-electron chi connectivity index (χ0n) is 7.47. The van der Waals surface area contributed by atoms with Gasteiger partial charge in [-0.15, -0.1) is 0 Å². The van der Waals surface area contributed by atoms with Gasteiger partial charge in [-0.05, 0) is 20.3 Å². The molecule has 0 atom stereocenters. The quantitative estimate of drug-likeness (QED) is 0.643. The largest absolute Gasteiger partial charge is 0.361 e. The molecule has 0 saturated carbocycles. The predicted molar refractivity (Wildman–Crippen MR) is 50.2 cm³/mol. The maximum atomic E-state index is 11.6. The van der Waals surface area contributed by atoms with Crippen molar-refractivity contribution >= 4 is 21.8 Å². The summed E-state index contributed by atoms with van der Waals surface area (Å²) in [5, 5.41) is 0. The molecule has 0 radical (unpaired) electrons. The van der Waals surface area contributed by atoms with E-state index in [9.17, 15) is 4.79 Å². The van der Waals surface area contributed by atoms with Crippen LogP contribution in [0.4, 0.5) is 0 Å². The highest BCUT2D eigenvalue weighted by Crippen LogP contribution is 2.20. The minimum atomic E-state index is -0.465. The molecule has 0 unspecified atom stereocenters. The fourth-order valence-electron chi connectivity index (χ4n) is 1.13. The lowest BCUT2D eigenvalue weighted by Gasteiger charge is -2.31. The second kappa shape index (κ2) is 3.75. The summed E-state index contributed by atoms with van der Waals surface area (Å²) < 4.78 is 4.72. The van der Waals surface area contributed by atoms with E-state index in [0.29, 0.717) is 6.73 Å². The molecule has 4 heteroatoms. The first-order chi connectivity index (χ1) is 5.52. The van der Waals surface area contributed by atoms with Gasteiger partial charge in [0.25, 0.3) is 0 Å². The van der Waals surface area contributed by atoms with Crippen molar-refractivity contribution in [3.8, 4) is 0 Å². The van der Waals surface area contributed by atoms with E-state index in [1.807, 2.05) is 13.8 Å². The molecule has 0 spiro atoms. The summed E-state index contributed by atoms with van der Waals surface area (Å²) >= 11 is 3.33. The van der Waals surface area contributed by atoms with E-state index in [-0.39, 0.29) is 5.91 Å². The van der Waals surface area contributed by atoms with Gasteiger partial charge >= 0.3 is 0 Å². The fourth-order valence-corrected chi connectivity index (χ4v) is 1.38. The van der Waals surface area contributed by atoms with Crippen molar-refractivity contribution in [3.05, 3.63) is 0 Å². The summed E-state index contributed by atoms with van der Waals surface area (Å²) in [5.74, 6) is 0.0993. The molecule has 1 aliphatic rings. The van der Waals surface area contributed by atoms with Crippen molar-refractivity contribution < 1.29 is 9.53 Å². The van der Waals surface area contributed by atoms with Gasteiger partial charge in [-0.1, -0.05) is 15.9 Å². The number of halogens is 1. The molecule has 0 bridgehead atoms. The molecule has 0 aliphatic carbocycles. The van der Waals surface area contributed by atoms with Crippen LogP contribution in [0.2, 0.25) is 0 Å². The highest BCUT2D eigenvalue weighted by atomic mass is 79.9. The fraction of sp³-hybridized carbons (Fsp3) is 0.875. The molecule has 3 nitrogen and oxygen atoms in total. The molecular formula is C8H14BrNO2. The molecular weight excluding hydrogens is 222 g/mol. The van der Waals surface area contributed by atoms with Crippen molar-refractivity contribution in [1.29, 1.82) is 0 Å². The highest BCUT2D eigenvalue weighted by molar-refractivity contribution is 9.10. The second-order valence-corrected chi connectivity index (χ2v) is 5.41. The van der Waals surface area contributed by atoms with Gasteiger partial charge < -0.3 is 9.64 Å². The van der Waals surface area contributed by atoms with Crippen LogP contribution in [0.25, 0.3) is 0 Å². The standard InChI is InChI=1S/C8H14BrNO2/c1-8(2,9)7(11)10-4-3-5-12-6-10/h3-6H2,1-2H3. The van der Waals surface area contributed by atoms with E-state index in [2.05, 4.69) is 15.9 Å². The van der Waals surface area contributed by atoms with Crippen LogP contribution in [0.1, 0.15) is 20.3 Å². The van der Waals surface area contributed by atoms with Crippen LogP contribution in [-0.4, -0.2) is 35.0 Å². The van der Waals surface area contributed by atoms with Crippen LogP contribution in [0.5, 0.6) is 0 Å². The molecule has 1 fully saturated rings. The zero-order valence-corrected chi connectivity index (χ0v) is 9.06. The van der Waals surface area contributed by atoms with Gasteiger partial charge in [0.15, 0.2) is 0 Å². The van der Waals surface area contributed by atoms with Gasteiger partial charge in [-0.25, -0.2) is 0 Å². The maximum Gasteiger partial charge on any atom is 0.240 e. The topological polar surface area (TPSA) is 29.5 Å². The number of ether oxygens (including phenoxy) is 1. The average Bonchev–Trinajstić information content (AvgIpc) is 2.03. The number of hydrogen-bond donors (Lipinski definition) is 0. The van der Waals surface area contributed by atoms with Gasteiger partial charge in [0, 0.05) is 6.54 Å². The lowest BCUT2D eigenvalue weighted by molar-refractivity contribution is -0.142. The number of rotatable bonds is 1. The minimum Gasteiger partial charge on any atom is -0.361 e. The van der Waals surface area contributed by atoms with E-state index >= 15 is 0 Å². The summed E-state index contributed by atoms with van der Waals surface area (Å²) in [6.07, 6.45) is 0.939. The molecule has 1 amide bonds. The number of hydrogen-bond acceptors (Lipinski definition) is 2. The first-order valence-electron chi connectivity index (χ1n) is 4.08. The van der Waals surface area contributed by atoms with Crippen LogP contribution < -0.4 is 0 Å². The lowest BCUT2D eigenvalue weighted by Crippen LogP contribution is -2.45. The van der Waals surface area contributed by atoms with E-state index in [0.717, 1.165) is 19.6 Å². The SMILES string of the molecule is CC(C)(Br)C(=O)N1CCCOC1. The Kier molecular flexibility index (Phi) is 3.12. The Morgan fingerprint density at radius 1 is 1.58 bits per heavy atom. The summed E-state index contributed by atoms with van der Waals surface area (Å²) in [6, 6.07) is 0. The van der Waals surface area contributed by atoms with Crippen molar-refractivity contribution in [2.45, 2.75) is 24.6 Å². The molecule has 12 heavy (non-hydrogen) atoms. The van der Waals surface area contributed by atoms with E-state index in [1.165, 1.54) is 0 Å². The van der Waals surface area contributed by atoms with Crippen LogP contribution in [0, 0.1) is 0 Å². The van der Waals surface area contributed by atoms with Crippen LogP contribution in [-0.2, 0) is 9.53 Å². The third-order valence-electron chi connectivity index (χ3n) is 1.76. The third-order valence-corrected chi connectivity index (χ3v) is 2.10. The Labute approximate surface area is 81.2 Å². The molecule has 0 aromatic rings. The summed E-state index contributed by atoms with van der Waals surface area (Å²) in [5.41, 5.74) is 0. The molecule has 1 rings (SSSR count). The molecule has 0 aromatic carbocycles. The Balaban J connectivity index is 2.51. The minimum absolute atomic E-state index is 0.0993. The number of carbonyl (C=O) groups excluding carboxylic acids is 1. The first-order valence-corrected chi connectivity index (χ1v) is 4.87. The number of nitrogens with zero attached hydrogens (tertiary/aromatic N) is 1. The van der Waals surface area contributed by atoms with Crippen molar-refractivity contribution in [2.24, 2.45) is 0 Å². The number of alkyl halides is 1. The van der Waals surface area contributed by atoms with E-state index in [4.69, 9.17) is 4.74 Å². The van der Waals surface area contributed by atoms with E-state index < -0.39 is 4.32 Å². The molecule has 0 N–H and O–H groups in total. The van der Waals surface area contributed by atoms with Crippen molar-refractivity contribution in [3.63, 3.8) is 0 Å². The normalized spacial score (nSPS) is 19.4.